The number of imide groups is 1. The highest BCUT2D eigenvalue weighted by molar-refractivity contribution is 6.09. The Bertz CT molecular complexity index is 953. The lowest BCUT2D eigenvalue weighted by Gasteiger charge is -2.36. The lowest BCUT2D eigenvalue weighted by atomic mass is 9.85. The number of carbonyl (C=O) groups is 3. The van der Waals surface area contributed by atoms with E-state index in [2.05, 4.69) is 5.32 Å². The van der Waals surface area contributed by atoms with Gasteiger partial charge in [0.2, 0.25) is 5.91 Å². The molecule has 0 aromatic heterocycles. The number of carbonyl (C=O) groups excluding carboxylic acids is 3. The molecule has 6 heteroatoms. The largest absolute Gasteiger partial charge is 0.332 e. The number of unbranched alkanes of at least 4 members (excludes halogenated alkanes) is 1. The van der Waals surface area contributed by atoms with Gasteiger partial charge in [0.05, 0.1) is 0 Å². The highest BCUT2D eigenvalue weighted by Gasteiger charge is 2.52. The second-order valence-corrected chi connectivity index (χ2v) is 9.33. The summed E-state index contributed by atoms with van der Waals surface area (Å²) in [6.45, 7) is 8.04. The Morgan fingerprint density at radius 1 is 1.00 bits per heavy atom. The molecule has 0 aliphatic carbocycles. The summed E-state index contributed by atoms with van der Waals surface area (Å²) in [5.41, 5.74) is 0.152. The summed E-state index contributed by atoms with van der Waals surface area (Å²) in [5, 5.41) is 2.92. The average Bonchev–Trinajstić information content (AvgIpc) is 3.01. The Morgan fingerprint density at radius 2 is 1.59 bits per heavy atom. The van der Waals surface area contributed by atoms with Crippen molar-refractivity contribution in [3.8, 4) is 0 Å². The predicted molar refractivity (Wildman–Crippen MR) is 125 cm³/mol. The van der Waals surface area contributed by atoms with Crippen LogP contribution < -0.4 is 5.32 Å². The Labute approximate surface area is 190 Å². The van der Waals surface area contributed by atoms with Gasteiger partial charge in [-0.25, -0.2) is 4.79 Å². The maximum absolute atomic E-state index is 13.6. The molecule has 2 aromatic rings. The van der Waals surface area contributed by atoms with Crippen LogP contribution in [0, 0.1) is 0 Å². The number of hydrogen-bond acceptors (Lipinski definition) is 3. The second kappa shape index (κ2) is 9.55. The number of amides is 4. The van der Waals surface area contributed by atoms with Gasteiger partial charge >= 0.3 is 6.03 Å². The minimum absolute atomic E-state index is 0.260. The summed E-state index contributed by atoms with van der Waals surface area (Å²) in [6, 6.07) is 18.5. The summed E-state index contributed by atoms with van der Waals surface area (Å²) < 4.78 is 0. The van der Waals surface area contributed by atoms with Crippen LogP contribution in [-0.4, -0.2) is 39.7 Å². The molecule has 1 aliphatic heterocycles. The van der Waals surface area contributed by atoms with E-state index in [-0.39, 0.29) is 18.4 Å². The minimum Gasteiger partial charge on any atom is -0.332 e. The molecule has 170 valence electrons. The molecule has 3 rings (SSSR count). The lowest BCUT2D eigenvalue weighted by molar-refractivity contribution is -0.142. The first kappa shape index (κ1) is 23.5. The number of rotatable bonds is 8. The first-order valence-corrected chi connectivity index (χ1v) is 11.2. The zero-order chi connectivity index (χ0) is 23.4. The Morgan fingerprint density at radius 3 is 2.16 bits per heavy atom. The van der Waals surface area contributed by atoms with Crippen LogP contribution in [0.5, 0.6) is 0 Å². The van der Waals surface area contributed by atoms with Crippen molar-refractivity contribution in [2.45, 2.75) is 64.6 Å². The molecule has 1 atom stereocenters. The summed E-state index contributed by atoms with van der Waals surface area (Å²) in [6.07, 6.45) is 2.17. The van der Waals surface area contributed by atoms with E-state index in [0.29, 0.717) is 13.0 Å². The van der Waals surface area contributed by atoms with Gasteiger partial charge in [-0.15, -0.1) is 0 Å². The quantitative estimate of drug-likeness (QED) is 0.623. The SMILES string of the molecule is CCCCC1(c2ccccc2)NC(=O)N(CC(=O)N(Cc2ccccc2)C(C)(C)C)C1=O. The molecule has 1 heterocycles. The molecule has 1 aliphatic rings. The van der Waals surface area contributed by atoms with E-state index in [1.165, 1.54) is 0 Å². The van der Waals surface area contributed by atoms with Gasteiger partial charge in [0, 0.05) is 12.1 Å². The molecule has 1 N–H and O–H groups in total. The van der Waals surface area contributed by atoms with Gasteiger partial charge in [0.25, 0.3) is 5.91 Å². The van der Waals surface area contributed by atoms with Crippen LogP contribution in [0.3, 0.4) is 0 Å². The molecule has 0 radical (unpaired) electrons. The van der Waals surface area contributed by atoms with Crippen LogP contribution in [0.15, 0.2) is 60.7 Å². The van der Waals surface area contributed by atoms with Crippen LogP contribution >= 0.6 is 0 Å². The highest BCUT2D eigenvalue weighted by atomic mass is 16.2. The van der Waals surface area contributed by atoms with Gasteiger partial charge in [0.1, 0.15) is 12.1 Å². The lowest BCUT2D eigenvalue weighted by Crippen LogP contribution is -2.50. The molecule has 0 bridgehead atoms. The number of nitrogens with zero attached hydrogens (tertiary/aromatic N) is 2. The molecule has 2 aromatic carbocycles. The first-order valence-electron chi connectivity index (χ1n) is 11.2. The molecular formula is C26H33N3O3. The number of nitrogens with one attached hydrogen (secondary N) is 1. The van der Waals surface area contributed by atoms with Crippen molar-refractivity contribution < 1.29 is 14.4 Å². The standard InChI is InChI=1S/C26H33N3O3/c1-5-6-17-26(21-15-11-8-12-16-21)23(31)28(24(32)27-26)19-22(30)29(25(2,3)4)18-20-13-9-7-10-14-20/h7-16H,5-6,17-19H2,1-4H3,(H,27,32). The van der Waals surface area contributed by atoms with E-state index in [0.717, 1.165) is 28.9 Å². The van der Waals surface area contributed by atoms with E-state index < -0.39 is 17.1 Å². The van der Waals surface area contributed by atoms with Crippen molar-refractivity contribution in [3.63, 3.8) is 0 Å². The summed E-state index contributed by atoms with van der Waals surface area (Å²) in [7, 11) is 0. The third-order valence-corrected chi connectivity index (χ3v) is 5.94. The fourth-order valence-corrected chi connectivity index (χ4v) is 4.13. The molecule has 32 heavy (non-hydrogen) atoms. The van der Waals surface area contributed by atoms with Gasteiger partial charge in [-0.1, -0.05) is 80.4 Å². The van der Waals surface area contributed by atoms with Gasteiger partial charge in [-0.05, 0) is 38.3 Å². The van der Waals surface area contributed by atoms with Crippen LogP contribution in [0.4, 0.5) is 4.79 Å². The summed E-state index contributed by atoms with van der Waals surface area (Å²) in [4.78, 5) is 42.7. The van der Waals surface area contributed by atoms with Crippen LogP contribution in [0.25, 0.3) is 0 Å². The third-order valence-electron chi connectivity index (χ3n) is 5.94. The van der Waals surface area contributed by atoms with E-state index in [1.807, 2.05) is 88.4 Å². The molecule has 6 nitrogen and oxygen atoms in total. The maximum atomic E-state index is 13.6. The fourth-order valence-electron chi connectivity index (χ4n) is 4.13. The van der Waals surface area contributed by atoms with Crippen LogP contribution in [-0.2, 0) is 21.7 Å². The molecule has 1 unspecified atom stereocenters. The van der Waals surface area contributed by atoms with Gasteiger partial charge < -0.3 is 10.2 Å². The highest BCUT2D eigenvalue weighted by Crippen LogP contribution is 2.34. The van der Waals surface area contributed by atoms with Gasteiger partial charge in [-0.2, -0.15) is 0 Å². The summed E-state index contributed by atoms with van der Waals surface area (Å²) in [5.74, 6) is -0.617. The fraction of sp³-hybridized carbons (Fsp3) is 0.423. The third kappa shape index (κ3) is 4.85. The average molecular weight is 436 g/mol. The first-order chi connectivity index (χ1) is 15.2. The minimum atomic E-state index is -1.12. The Hall–Kier alpha value is -3.15. The van der Waals surface area contributed by atoms with E-state index in [4.69, 9.17) is 0 Å². The van der Waals surface area contributed by atoms with E-state index in [9.17, 15) is 14.4 Å². The Kier molecular flexibility index (Phi) is 7.02. The molecular weight excluding hydrogens is 402 g/mol. The molecule has 0 spiro atoms. The van der Waals surface area contributed by atoms with Crippen molar-refractivity contribution in [3.05, 3.63) is 71.8 Å². The predicted octanol–water partition coefficient (Wildman–Crippen LogP) is 4.45. The zero-order valence-electron chi connectivity index (χ0n) is 19.4. The number of urea groups is 1. The van der Waals surface area contributed by atoms with Crippen molar-refractivity contribution in [2.24, 2.45) is 0 Å². The smallest absolute Gasteiger partial charge is 0.325 e. The normalized spacial score (nSPS) is 18.6. The molecule has 0 saturated carbocycles. The maximum Gasteiger partial charge on any atom is 0.325 e. The number of hydrogen-bond donors (Lipinski definition) is 1. The van der Waals surface area contributed by atoms with E-state index in [1.54, 1.807) is 4.90 Å². The molecule has 1 saturated heterocycles. The summed E-state index contributed by atoms with van der Waals surface area (Å²) >= 11 is 0. The van der Waals surface area contributed by atoms with Gasteiger partial charge in [0.15, 0.2) is 0 Å². The molecule has 4 amide bonds. The van der Waals surface area contributed by atoms with Crippen molar-refractivity contribution in [1.29, 1.82) is 0 Å². The Balaban J connectivity index is 1.86. The van der Waals surface area contributed by atoms with Crippen LogP contribution in [0.1, 0.15) is 58.1 Å². The van der Waals surface area contributed by atoms with Crippen molar-refractivity contribution in [2.75, 3.05) is 6.54 Å². The number of benzene rings is 2. The zero-order valence-corrected chi connectivity index (χ0v) is 19.4. The monoisotopic (exact) mass is 435 g/mol. The van der Waals surface area contributed by atoms with Crippen molar-refractivity contribution >= 4 is 17.8 Å². The molecule has 1 fully saturated rings. The van der Waals surface area contributed by atoms with E-state index >= 15 is 0 Å². The topological polar surface area (TPSA) is 69.7 Å². The second-order valence-electron chi connectivity index (χ2n) is 9.33. The van der Waals surface area contributed by atoms with Crippen LogP contribution in [0.2, 0.25) is 0 Å². The van der Waals surface area contributed by atoms with Gasteiger partial charge in [-0.3, -0.25) is 14.5 Å². The van der Waals surface area contributed by atoms with Crippen molar-refractivity contribution in [1.82, 2.24) is 15.1 Å².